The molecule has 0 aromatic carbocycles. The van der Waals surface area contributed by atoms with Crippen molar-refractivity contribution in [3.63, 3.8) is 0 Å². The Hall–Kier alpha value is -1.63. The highest BCUT2D eigenvalue weighted by Crippen LogP contribution is 2.03. The number of carboxylic acids is 1. The summed E-state index contributed by atoms with van der Waals surface area (Å²) in [5, 5.41) is 8.86. The van der Waals surface area contributed by atoms with Gasteiger partial charge in [-0.2, -0.15) is 0 Å². The molecular formula is C12H17NO5S. The van der Waals surface area contributed by atoms with Crippen LogP contribution >= 0.6 is 0 Å². The molecule has 0 aliphatic carbocycles. The van der Waals surface area contributed by atoms with Gasteiger partial charge in [0.1, 0.15) is 15.4 Å². The minimum absolute atomic E-state index is 0.0530. The minimum Gasteiger partial charge on any atom is -0.477 e. The maximum Gasteiger partial charge on any atom is 0.341 e. The van der Waals surface area contributed by atoms with Crippen molar-refractivity contribution in [3.05, 3.63) is 33.7 Å². The minimum atomic E-state index is -3.03. The molecule has 0 spiro atoms. The van der Waals surface area contributed by atoms with Crippen molar-refractivity contribution in [3.8, 4) is 0 Å². The van der Waals surface area contributed by atoms with Gasteiger partial charge in [-0.25, -0.2) is 13.2 Å². The summed E-state index contributed by atoms with van der Waals surface area (Å²) in [7, 11) is -3.03. The molecule has 1 N–H and O–H groups in total. The molecule has 1 aromatic heterocycles. The number of nitrogens with zero attached hydrogens (tertiary/aromatic N) is 1. The highest BCUT2D eigenvalue weighted by molar-refractivity contribution is 7.91. The lowest BCUT2D eigenvalue weighted by atomic mass is 10.2. The van der Waals surface area contributed by atoms with Gasteiger partial charge < -0.3 is 9.67 Å². The van der Waals surface area contributed by atoms with Crippen molar-refractivity contribution in [2.45, 2.75) is 26.8 Å². The predicted molar refractivity (Wildman–Crippen MR) is 71.3 cm³/mol. The van der Waals surface area contributed by atoms with E-state index in [9.17, 15) is 18.0 Å². The van der Waals surface area contributed by atoms with Gasteiger partial charge >= 0.3 is 5.97 Å². The van der Waals surface area contributed by atoms with Crippen LogP contribution in [0.1, 0.15) is 29.4 Å². The third-order valence-electron chi connectivity index (χ3n) is 2.87. The molecule has 0 amide bonds. The third kappa shape index (κ3) is 4.20. The van der Waals surface area contributed by atoms with Gasteiger partial charge in [0, 0.05) is 30.3 Å². The van der Waals surface area contributed by atoms with Gasteiger partial charge in [0.05, 0.1) is 5.75 Å². The Morgan fingerprint density at radius 3 is 2.58 bits per heavy atom. The van der Waals surface area contributed by atoms with E-state index in [2.05, 4.69) is 0 Å². The Morgan fingerprint density at radius 2 is 2.05 bits per heavy atom. The third-order valence-corrected chi connectivity index (χ3v) is 4.66. The summed E-state index contributed by atoms with van der Waals surface area (Å²) in [6.45, 7) is 3.63. The second-order valence-corrected chi connectivity index (χ2v) is 6.75. The van der Waals surface area contributed by atoms with Crippen LogP contribution in [-0.2, 0) is 16.4 Å². The van der Waals surface area contributed by atoms with Gasteiger partial charge in [-0.15, -0.1) is 0 Å². The van der Waals surface area contributed by atoms with Crippen molar-refractivity contribution in [1.82, 2.24) is 4.57 Å². The molecule has 19 heavy (non-hydrogen) atoms. The summed E-state index contributed by atoms with van der Waals surface area (Å²) in [4.78, 5) is 22.3. The molecule has 1 rings (SSSR count). The Kier molecular flexibility index (Phi) is 4.88. The quantitative estimate of drug-likeness (QED) is 0.830. The van der Waals surface area contributed by atoms with Crippen molar-refractivity contribution >= 4 is 15.8 Å². The Morgan fingerprint density at radius 1 is 1.42 bits per heavy atom. The number of sulfone groups is 1. The highest BCUT2D eigenvalue weighted by Gasteiger charge is 2.11. The van der Waals surface area contributed by atoms with Gasteiger partial charge in [0.2, 0.25) is 0 Å². The SMILES string of the molecule is CCS(=O)(=O)CCCn1cc(C(=O)O)c(=O)cc1C. The smallest absolute Gasteiger partial charge is 0.341 e. The lowest BCUT2D eigenvalue weighted by Gasteiger charge is -2.11. The van der Waals surface area contributed by atoms with E-state index >= 15 is 0 Å². The van der Waals surface area contributed by atoms with Gasteiger partial charge in [-0.1, -0.05) is 6.92 Å². The number of carboxylic acid groups (broad SMARTS) is 1. The Labute approximate surface area is 111 Å². The molecule has 0 bridgehead atoms. The first-order valence-electron chi connectivity index (χ1n) is 5.91. The molecule has 106 valence electrons. The van der Waals surface area contributed by atoms with Crippen LogP contribution in [0.25, 0.3) is 0 Å². The average Bonchev–Trinajstić information content (AvgIpc) is 2.31. The number of hydrogen-bond donors (Lipinski definition) is 1. The summed E-state index contributed by atoms with van der Waals surface area (Å²) < 4.78 is 24.3. The van der Waals surface area contributed by atoms with Crippen LogP contribution in [0.15, 0.2) is 17.1 Å². The number of aryl methyl sites for hydroxylation is 2. The number of aromatic nitrogens is 1. The molecule has 0 saturated carbocycles. The van der Waals surface area contributed by atoms with Crippen LogP contribution in [0, 0.1) is 6.92 Å². The van der Waals surface area contributed by atoms with Crippen molar-refractivity contribution in [1.29, 1.82) is 0 Å². The fourth-order valence-corrected chi connectivity index (χ4v) is 2.53. The molecule has 0 atom stereocenters. The molecule has 0 fully saturated rings. The zero-order chi connectivity index (χ0) is 14.6. The van der Waals surface area contributed by atoms with Crippen LogP contribution < -0.4 is 5.43 Å². The van der Waals surface area contributed by atoms with E-state index in [1.165, 1.54) is 12.3 Å². The fraction of sp³-hybridized carbons (Fsp3) is 0.500. The van der Waals surface area contributed by atoms with E-state index in [1.807, 2.05) is 0 Å². The molecule has 1 aromatic rings. The van der Waals surface area contributed by atoms with E-state index in [0.29, 0.717) is 18.7 Å². The van der Waals surface area contributed by atoms with Crippen molar-refractivity contribution < 1.29 is 18.3 Å². The molecule has 0 aliphatic heterocycles. The van der Waals surface area contributed by atoms with Crippen LogP contribution in [0.4, 0.5) is 0 Å². The zero-order valence-electron chi connectivity index (χ0n) is 10.9. The molecule has 0 unspecified atom stereocenters. The monoisotopic (exact) mass is 287 g/mol. The van der Waals surface area contributed by atoms with E-state index in [-0.39, 0.29) is 17.1 Å². The first-order chi connectivity index (χ1) is 8.76. The fourth-order valence-electron chi connectivity index (χ4n) is 1.67. The maximum absolute atomic E-state index is 11.4. The standard InChI is InChI=1S/C12H17NO5S/c1-3-19(17,18)6-4-5-13-8-10(12(15)16)11(14)7-9(13)2/h7-8H,3-6H2,1-2H3,(H,15,16). The number of rotatable bonds is 6. The first kappa shape index (κ1) is 15.4. The summed E-state index contributed by atoms with van der Waals surface area (Å²) in [6, 6.07) is 1.25. The normalized spacial score (nSPS) is 11.5. The summed E-state index contributed by atoms with van der Waals surface area (Å²) in [5.41, 5.74) is -0.227. The first-order valence-corrected chi connectivity index (χ1v) is 7.74. The molecule has 0 saturated heterocycles. The molecule has 7 heteroatoms. The second kappa shape index (κ2) is 6.01. The van der Waals surface area contributed by atoms with E-state index in [4.69, 9.17) is 5.11 Å². The number of aromatic carboxylic acids is 1. The molecule has 0 radical (unpaired) electrons. The zero-order valence-corrected chi connectivity index (χ0v) is 11.7. The Balaban J connectivity index is 2.88. The lowest BCUT2D eigenvalue weighted by molar-refractivity contribution is 0.0694. The van der Waals surface area contributed by atoms with Crippen molar-refractivity contribution in [2.24, 2.45) is 0 Å². The van der Waals surface area contributed by atoms with Crippen LogP contribution in [0.5, 0.6) is 0 Å². The number of carbonyl (C=O) groups is 1. The van der Waals surface area contributed by atoms with Crippen LogP contribution in [0.3, 0.4) is 0 Å². The lowest BCUT2D eigenvalue weighted by Crippen LogP contribution is -2.20. The van der Waals surface area contributed by atoms with Gasteiger partial charge in [0.25, 0.3) is 0 Å². The highest BCUT2D eigenvalue weighted by atomic mass is 32.2. The maximum atomic E-state index is 11.4. The van der Waals surface area contributed by atoms with Gasteiger partial charge in [-0.3, -0.25) is 4.79 Å². The largest absolute Gasteiger partial charge is 0.477 e. The topological polar surface area (TPSA) is 93.4 Å². The van der Waals surface area contributed by atoms with Gasteiger partial charge in [0.15, 0.2) is 5.43 Å². The van der Waals surface area contributed by atoms with E-state index in [0.717, 1.165) is 0 Å². The summed E-state index contributed by atoms with van der Waals surface area (Å²) in [6.07, 6.45) is 1.65. The Bertz CT molecular complexity index is 630. The number of hydrogen-bond acceptors (Lipinski definition) is 4. The molecule has 0 aliphatic rings. The number of pyridine rings is 1. The van der Waals surface area contributed by atoms with Crippen LogP contribution in [0.2, 0.25) is 0 Å². The van der Waals surface area contributed by atoms with E-state index in [1.54, 1.807) is 18.4 Å². The average molecular weight is 287 g/mol. The summed E-state index contributed by atoms with van der Waals surface area (Å²) in [5.74, 6) is -1.13. The predicted octanol–water partition coefficient (Wildman–Crippen LogP) is 0.680. The molecule has 1 heterocycles. The van der Waals surface area contributed by atoms with E-state index < -0.39 is 21.2 Å². The van der Waals surface area contributed by atoms with Gasteiger partial charge in [-0.05, 0) is 13.3 Å². The van der Waals surface area contributed by atoms with Crippen molar-refractivity contribution in [2.75, 3.05) is 11.5 Å². The van der Waals surface area contributed by atoms with Crippen LogP contribution in [-0.4, -0.2) is 35.6 Å². The second-order valence-electron chi connectivity index (χ2n) is 4.28. The molecule has 6 nitrogen and oxygen atoms in total. The summed E-state index contributed by atoms with van der Waals surface area (Å²) >= 11 is 0. The molecular weight excluding hydrogens is 270 g/mol.